The molecule has 4 heterocycles. The van der Waals surface area contributed by atoms with Crippen molar-refractivity contribution in [2.24, 2.45) is 7.05 Å². The molecule has 1 saturated heterocycles. The van der Waals surface area contributed by atoms with Crippen molar-refractivity contribution in [3.63, 3.8) is 0 Å². The van der Waals surface area contributed by atoms with Crippen molar-refractivity contribution in [3.8, 4) is 17.5 Å². The van der Waals surface area contributed by atoms with Crippen molar-refractivity contribution in [2.75, 3.05) is 43.3 Å². The number of hydrogen-bond donors (Lipinski definition) is 0. The maximum absolute atomic E-state index is 13.8. The molecule has 2 aliphatic rings. The van der Waals surface area contributed by atoms with Gasteiger partial charge in [-0.15, -0.1) is 0 Å². The maximum atomic E-state index is 13.8. The largest absolute Gasteiger partial charge is 0.496 e. The van der Waals surface area contributed by atoms with Gasteiger partial charge in [0.05, 0.1) is 25.6 Å². The lowest BCUT2D eigenvalue weighted by atomic mass is 10.1. The Morgan fingerprint density at radius 1 is 1.08 bits per heavy atom. The third kappa shape index (κ3) is 4.36. The molecule has 0 atom stereocenters. The number of ether oxygens (including phenoxy) is 1. The molecule has 13 nitrogen and oxygen atoms in total. The molecule has 3 aromatic rings. The van der Waals surface area contributed by atoms with Crippen LogP contribution in [0.15, 0.2) is 41.1 Å². The number of para-hydroxylation sites is 1. The predicted molar refractivity (Wildman–Crippen MR) is 133 cm³/mol. The molecule has 0 radical (unpaired) electrons. The third-order valence-electron chi connectivity index (χ3n) is 6.46. The summed E-state index contributed by atoms with van der Waals surface area (Å²) in [7, 11) is -4.76. The highest BCUT2D eigenvalue weighted by Gasteiger charge is 2.46. The summed E-state index contributed by atoms with van der Waals surface area (Å²) in [5.41, 5.74) is 0.810. The zero-order valence-corrected chi connectivity index (χ0v) is 21.9. The molecule has 0 saturated carbocycles. The van der Waals surface area contributed by atoms with E-state index in [1.54, 1.807) is 13.1 Å². The van der Waals surface area contributed by atoms with Gasteiger partial charge in [-0.2, -0.15) is 8.42 Å². The topological polar surface area (TPSA) is 148 Å². The lowest BCUT2D eigenvalue weighted by Gasteiger charge is -2.35. The summed E-state index contributed by atoms with van der Waals surface area (Å²) in [5, 5.41) is 0. The van der Waals surface area contributed by atoms with Crippen molar-refractivity contribution in [2.45, 2.75) is 12.8 Å². The second-order valence-corrected chi connectivity index (χ2v) is 12.5. The molecule has 1 amide bonds. The van der Waals surface area contributed by atoms with E-state index in [1.807, 2.05) is 18.2 Å². The van der Waals surface area contributed by atoms with E-state index >= 15 is 0 Å². The van der Waals surface area contributed by atoms with Gasteiger partial charge in [0, 0.05) is 26.7 Å². The molecule has 37 heavy (non-hydrogen) atoms. The lowest BCUT2D eigenvalue weighted by molar-refractivity contribution is 0.0844. The van der Waals surface area contributed by atoms with Crippen molar-refractivity contribution in [1.29, 1.82) is 0 Å². The number of oxazole rings is 1. The van der Waals surface area contributed by atoms with Gasteiger partial charge in [0.1, 0.15) is 12.0 Å². The number of carbonyl (C=O) groups is 1. The zero-order valence-electron chi connectivity index (χ0n) is 20.3. The van der Waals surface area contributed by atoms with Gasteiger partial charge in [-0.3, -0.25) is 4.79 Å². The summed E-state index contributed by atoms with van der Waals surface area (Å²) < 4.78 is 67.3. The minimum absolute atomic E-state index is 0.00408. The van der Waals surface area contributed by atoms with Crippen LogP contribution >= 0.6 is 0 Å². The number of benzene rings is 1. The molecule has 15 heteroatoms. The standard InChI is InChI=1S/C22H26N6O7S2/c1-25-18-19(24-20(25)21-23-9-14-35-21)27(11-8-16-6-3-4-7-17(16)34-2)37(32,33)28(22(18)29)13-12-26-10-5-15-36(26,30)31/h3-4,6-7,9,14H,5,8,10-13,15H2,1-2H3. The van der Waals surface area contributed by atoms with Crippen LogP contribution in [-0.2, 0) is 33.7 Å². The van der Waals surface area contributed by atoms with Gasteiger partial charge in [-0.25, -0.2) is 31.3 Å². The van der Waals surface area contributed by atoms with Crippen LogP contribution in [0.2, 0.25) is 0 Å². The number of methoxy groups -OCH3 is 1. The van der Waals surface area contributed by atoms with E-state index in [0.717, 1.165) is 9.87 Å². The summed E-state index contributed by atoms with van der Waals surface area (Å²) in [6.07, 6.45) is 3.50. The van der Waals surface area contributed by atoms with Gasteiger partial charge in [-0.05, 0) is 24.5 Å². The van der Waals surface area contributed by atoms with Crippen LogP contribution in [-0.4, -0.2) is 84.9 Å². The smallest absolute Gasteiger partial charge is 0.330 e. The second-order valence-electron chi connectivity index (χ2n) is 8.59. The fraction of sp³-hybridized carbons (Fsp3) is 0.409. The number of hydrogen-bond acceptors (Lipinski definition) is 9. The number of carbonyl (C=O) groups excluding carboxylic acids is 1. The average Bonchev–Trinajstić information content (AvgIpc) is 3.58. The Bertz CT molecular complexity index is 1530. The van der Waals surface area contributed by atoms with Gasteiger partial charge < -0.3 is 13.7 Å². The number of rotatable bonds is 8. The van der Waals surface area contributed by atoms with Crippen LogP contribution in [0.25, 0.3) is 11.7 Å². The van der Waals surface area contributed by atoms with Crippen molar-refractivity contribution in [1.82, 2.24) is 23.1 Å². The van der Waals surface area contributed by atoms with Crippen LogP contribution in [0.3, 0.4) is 0 Å². The summed E-state index contributed by atoms with van der Waals surface area (Å²) in [4.78, 5) is 22.1. The van der Waals surface area contributed by atoms with Gasteiger partial charge in [0.25, 0.3) is 11.8 Å². The summed E-state index contributed by atoms with van der Waals surface area (Å²) in [6, 6.07) is 7.24. The fourth-order valence-corrected chi connectivity index (χ4v) is 7.62. The molecule has 198 valence electrons. The molecule has 0 bridgehead atoms. The van der Waals surface area contributed by atoms with E-state index in [0.29, 0.717) is 16.5 Å². The van der Waals surface area contributed by atoms with Crippen LogP contribution in [0.1, 0.15) is 22.5 Å². The van der Waals surface area contributed by atoms with Crippen molar-refractivity contribution < 1.29 is 30.8 Å². The molecular formula is C22H26N6O7S2. The first-order chi connectivity index (χ1) is 17.6. The molecule has 0 N–H and O–H groups in total. The first-order valence-corrected chi connectivity index (χ1v) is 14.6. The van der Waals surface area contributed by atoms with Crippen LogP contribution < -0.4 is 9.04 Å². The monoisotopic (exact) mass is 550 g/mol. The SMILES string of the molecule is COc1ccccc1CCN1c2nc(-c3ncco3)n(C)c2C(=O)N(CCN2CCCS2(=O)=O)S1(=O)=O. The minimum Gasteiger partial charge on any atom is -0.496 e. The maximum Gasteiger partial charge on any atom is 0.330 e. The molecule has 0 unspecified atom stereocenters. The quantitative estimate of drug-likeness (QED) is 0.398. The Morgan fingerprint density at radius 2 is 1.86 bits per heavy atom. The van der Waals surface area contributed by atoms with E-state index in [1.165, 1.54) is 28.4 Å². The Labute approximate surface area is 214 Å². The highest BCUT2D eigenvalue weighted by molar-refractivity contribution is 7.91. The number of fused-ring (bicyclic) bond motifs is 1. The van der Waals surface area contributed by atoms with Gasteiger partial charge >= 0.3 is 10.2 Å². The Morgan fingerprint density at radius 3 is 2.54 bits per heavy atom. The van der Waals surface area contributed by atoms with Gasteiger partial charge in [0.2, 0.25) is 10.0 Å². The lowest BCUT2D eigenvalue weighted by Crippen LogP contribution is -2.54. The van der Waals surface area contributed by atoms with Crippen LogP contribution in [0, 0.1) is 0 Å². The van der Waals surface area contributed by atoms with Gasteiger partial charge in [-0.1, -0.05) is 18.2 Å². The number of anilines is 1. The number of nitrogens with zero attached hydrogens (tertiary/aromatic N) is 6. The summed E-state index contributed by atoms with van der Waals surface area (Å²) >= 11 is 0. The Balaban J connectivity index is 1.54. The Kier molecular flexibility index (Phi) is 6.45. The minimum atomic E-state index is -4.39. The van der Waals surface area contributed by atoms with E-state index in [2.05, 4.69) is 9.97 Å². The van der Waals surface area contributed by atoms with Crippen molar-refractivity contribution in [3.05, 3.63) is 48.0 Å². The normalized spacial score (nSPS) is 18.8. The van der Waals surface area contributed by atoms with E-state index in [4.69, 9.17) is 9.15 Å². The number of sulfonamides is 1. The van der Waals surface area contributed by atoms with E-state index in [-0.39, 0.29) is 61.6 Å². The highest BCUT2D eigenvalue weighted by atomic mass is 32.2. The highest BCUT2D eigenvalue weighted by Crippen LogP contribution is 2.35. The molecule has 2 aliphatic heterocycles. The molecule has 1 fully saturated rings. The fourth-order valence-electron chi connectivity index (χ4n) is 4.59. The zero-order chi connectivity index (χ0) is 26.4. The van der Waals surface area contributed by atoms with E-state index in [9.17, 15) is 21.6 Å². The third-order valence-corrected chi connectivity index (χ3v) is 10.2. The second kappa shape index (κ2) is 9.46. The molecular weight excluding hydrogens is 524 g/mol. The number of aromatic nitrogens is 3. The first kappa shape index (κ1) is 25.2. The Hall–Kier alpha value is -3.43. The summed E-state index contributed by atoms with van der Waals surface area (Å²) in [6.45, 7) is -0.214. The first-order valence-electron chi connectivity index (χ1n) is 11.6. The van der Waals surface area contributed by atoms with Gasteiger partial charge in [0.15, 0.2) is 17.3 Å². The van der Waals surface area contributed by atoms with Crippen LogP contribution in [0.4, 0.5) is 5.82 Å². The average molecular weight is 551 g/mol. The molecule has 0 aliphatic carbocycles. The van der Waals surface area contributed by atoms with Crippen molar-refractivity contribution >= 4 is 32.0 Å². The molecule has 0 spiro atoms. The van der Waals surface area contributed by atoms with E-state index < -0.39 is 26.1 Å². The number of amides is 1. The number of imidazole rings is 1. The summed E-state index contributed by atoms with van der Waals surface area (Å²) in [5.74, 6) is 0.0788. The predicted octanol–water partition coefficient (Wildman–Crippen LogP) is 0.869. The molecule has 5 rings (SSSR count). The molecule has 1 aromatic carbocycles. The van der Waals surface area contributed by atoms with Crippen LogP contribution in [0.5, 0.6) is 5.75 Å². The molecule has 2 aromatic heterocycles.